The number of nitrogens with zero attached hydrogens (tertiary/aromatic N) is 3. The highest BCUT2D eigenvalue weighted by atomic mass is 32.1. The Bertz CT molecular complexity index is 2110. The molecule has 0 bridgehead atoms. The maximum Gasteiger partial charge on any atom is 0.263 e. The first-order chi connectivity index (χ1) is 22.0. The number of thiophene rings is 1. The average Bonchev–Trinajstić information content (AvgIpc) is 3.61. The molecule has 3 nitrogen and oxygen atoms in total. The van der Waals surface area contributed by atoms with Crippen LogP contribution in [0.1, 0.15) is 29.9 Å². The van der Waals surface area contributed by atoms with Crippen molar-refractivity contribution in [2.75, 3.05) is 4.90 Å². The first-order valence-corrected chi connectivity index (χ1v) is 15.7. The molecule has 0 radical (unpaired) electrons. The zero-order valence-corrected chi connectivity index (χ0v) is 25.8. The van der Waals surface area contributed by atoms with Crippen LogP contribution in [0.3, 0.4) is 0 Å². The van der Waals surface area contributed by atoms with Gasteiger partial charge in [-0.25, -0.2) is 10.1 Å². The van der Waals surface area contributed by atoms with Crippen molar-refractivity contribution < 1.29 is 0 Å². The van der Waals surface area contributed by atoms with Crippen LogP contribution in [-0.2, 0) is 5.41 Å². The van der Waals surface area contributed by atoms with Gasteiger partial charge in [0.1, 0.15) is 0 Å². The molecule has 0 N–H and O–H groups in total. The summed E-state index contributed by atoms with van der Waals surface area (Å²) in [7, 11) is 0. The minimum absolute atomic E-state index is 0.108. The SMILES string of the molecule is [C-]#[N+]/C(C#N)=C\c1cc2c(s1)-c1ccc(N(c3ccccc3)c3ccc(-c4ccc(-c5ccccc5)cc4)cc3)cc1C2(C)C. The maximum absolute atomic E-state index is 9.26. The molecular formula is C41H29N3S. The first kappa shape index (κ1) is 28.1. The van der Waals surface area contributed by atoms with Crippen LogP contribution in [0.4, 0.5) is 17.1 Å². The fourth-order valence-electron chi connectivity index (χ4n) is 6.21. The summed E-state index contributed by atoms with van der Waals surface area (Å²) in [4.78, 5) is 7.81. The molecule has 214 valence electrons. The summed E-state index contributed by atoms with van der Waals surface area (Å²) in [6.45, 7) is 11.8. The summed E-state index contributed by atoms with van der Waals surface area (Å²) >= 11 is 1.65. The highest BCUT2D eigenvalue weighted by Crippen LogP contribution is 2.54. The number of nitriles is 1. The molecule has 0 saturated heterocycles. The van der Waals surface area contributed by atoms with E-state index >= 15 is 0 Å². The largest absolute Gasteiger partial charge is 0.310 e. The van der Waals surface area contributed by atoms with Crippen LogP contribution in [0.15, 0.2) is 139 Å². The molecule has 0 aliphatic heterocycles. The van der Waals surface area contributed by atoms with Gasteiger partial charge in [-0.15, -0.1) is 11.3 Å². The zero-order valence-electron chi connectivity index (χ0n) is 25.0. The molecule has 0 saturated carbocycles. The molecule has 6 aromatic rings. The third-order valence-electron chi connectivity index (χ3n) is 8.58. The Labute approximate surface area is 268 Å². The number of hydrogen-bond acceptors (Lipinski definition) is 3. The zero-order chi connectivity index (χ0) is 31.0. The number of para-hydroxylation sites is 1. The van der Waals surface area contributed by atoms with Crippen molar-refractivity contribution in [3.05, 3.63) is 167 Å². The monoisotopic (exact) mass is 595 g/mol. The molecule has 5 aromatic carbocycles. The molecule has 1 aliphatic carbocycles. The molecule has 0 atom stereocenters. The van der Waals surface area contributed by atoms with Gasteiger partial charge in [-0.3, -0.25) is 0 Å². The van der Waals surface area contributed by atoms with Gasteiger partial charge in [0.25, 0.3) is 5.70 Å². The number of benzene rings is 5. The second kappa shape index (κ2) is 11.4. The topological polar surface area (TPSA) is 31.4 Å². The Morgan fingerprint density at radius 3 is 1.82 bits per heavy atom. The van der Waals surface area contributed by atoms with Gasteiger partial charge >= 0.3 is 0 Å². The lowest BCUT2D eigenvalue weighted by atomic mass is 9.82. The molecule has 4 heteroatoms. The van der Waals surface area contributed by atoms with Gasteiger partial charge in [-0.05, 0) is 87.5 Å². The molecule has 1 heterocycles. The van der Waals surface area contributed by atoms with Crippen LogP contribution in [-0.4, -0.2) is 0 Å². The van der Waals surface area contributed by atoms with Crippen LogP contribution in [0.5, 0.6) is 0 Å². The number of rotatable bonds is 6. The van der Waals surface area contributed by atoms with E-state index < -0.39 is 0 Å². The van der Waals surface area contributed by atoms with Gasteiger partial charge in [0.2, 0.25) is 0 Å². The van der Waals surface area contributed by atoms with E-state index in [1.807, 2.05) is 18.2 Å². The third-order valence-corrected chi connectivity index (χ3v) is 9.70. The standard InChI is InChI=1S/C41H29N3S/c1-41(2)38-25-35(22-23-37(38)40-39(41)26-36(45-40)24-32(27-42)43-3)44(33-12-8-5-9-13-33)34-20-18-31(19-21-34)30-16-14-29(15-17-30)28-10-6-4-7-11-28/h4-26H,1-2H3/b32-24-. The van der Waals surface area contributed by atoms with Gasteiger partial charge in [0, 0.05) is 32.2 Å². The summed E-state index contributed by atoms with van der Waals surface area (Å²) in [6, 6.07) is 49.4. The first-order valence-electron chi connectivity index (χ1n) is 14.9. The predicted octanol–water partition coefficient (Wildman–Crippen LogP) is 11.6. The minimum Gasteiger partial charge on any atom is -0.310 e. The van der Waals surface area contributed by atoms with E-state index in [2.05, 4.69) is 145 Å². The lowest BCUT2D eigenvalue weighted by molar-refractivity contribution is 0.662. The second-order valence-electron chi connectivity index (χ2n) is 11.7. The minimum atomic E-state index is -0.216. The lowest BCUT2D eigenvalue weighted by Crippen LogP contribution is -2.16. The maximum atomic E-state index is 9.26. The molecule has 0 amide bonds. The van der Waals surface area contributed by atoms with Crippen molar-refractivity contribution in [3.63, 3.8) is 0 Å². The van der Waals surface area contributed by atoms with Crippen LogP contribution in [0.25, 0.3) is 43.6 Å². The van der Waals surface area contributed by atoms with Gasteiger partial charge in [-0.2, -0.15) is 0 Å². The Morgan fingerprint density at radius 1 is 0.689 bits per heavy atom. The summed E-state index contributed by atoms with van der Waals surface area (Å²) in [5.74, 6) is 0. The van der Waals surface area contributed by atoms with E-state index in [0.29, 0.717) is 0 Å². The van der Waals surface area contributed by atoms with Gasteiger partial charge in [0.15, 0.2) is 0 Å². The Balaban J connectivity index is 1.24. The fraction of sp³-hybridized carbons (Fsp3) is 0.0732. The predicted molar refractivity (Wildman–Crippen MR) is 188 cm³/mol. The second-order valence-corrected chi connectivity index (χ2v) is 12.7. The number of hydrogen-bond donors (Lipinski definition) is 0. The Hall–Kier alpha value is -5.68. The summed E-state index contributed by atoms with van der Waals surface area (Å²) < 4.78 is 0. The van der Waals surface area contributed by atoms with E-state index in [1.54, 1.807) is 17.4 Å². The van der Waals surface area contributed by atoms with Gasteiger partial charge in [0.05, 0.1) is 12.6 Å². The number of allylic oxidation sites excluding steroid dienone is 1. The lowest BCUT2D eigenvalue weighted by Gasteiger charge is -2.28. The van der Waals surface area contributed by atoms with Crippen molar-refractivity contribution in [2.45, 2.75) is 19.3 Å². The molecule has 0 spiro atoms. The van der Waals surface area contributed by atoms with Crippen LogP contribution < -0.4 is 4.90 Å². The van der Waals surface area contributed by atoms with Crippen molar-refractivity contribution in [3.8, 4) is 38.8 Å². The molecule has 45 heavy (non-hydrogen) atoms. The summed E-state index contributed by atoms with van der Waals surface area (Å²) in [5.41, 5.74) is 11.7. The van der Waals surface area contributed by atoms with Crippen molar-refractivity contribution in [1.29, 1.82) is 5.26 Å². The molecule has 1 aromatic heterocycles. The summed E-state index contributed by atoms with van der Waals surface area (Å²) in [6.07, 6.45) is 1.69. The quantitative estimate of drug-likeness (QED) is 0.142. The molecular weight excluding hydrogens is 567 g/mol. The van der Waals surface area contributed by atoms with Crippen LogP contribution >= 0.6 is 11.3 Å². The van der Waals surface area contributed by atoms with E-state index in [1.165, 1.54) is 43.8 Å². The molecule has 0 fully saturated rings. The van der Waals surface area contributed by atoms with Crippen molar-refractivity contribution in [1.82, 2.24) is 0 Å². The van der Waals surface area contributed by atoms with E-state index in [9.17, 15) is 5.26 Å². The Morgan fingerprint density at radius 2 is 1.22 bits per heavy atom. The molecule has 1 aliphatic rings. The average molecular weight is 596 g/mol. The van der Waals surface area contributed by atoms with Gasteiger partial charge < -0.3 is 4.90 Å². The highest BCUT2D eigenvalue weighted by Gasteiger charge is 2.37. The van der Waals surface area contributed by atoms with Gasteiger partial charge in [-0.1, -0.05) is 105 Å². The number of anilines is 3. The number of fused-ring (bicyclic) bond motifs is 3. The third kappa shape index (κ3) is 5.12. The normalized spacial score (nSPS) is 12.9. The highest BCUT2D eigenvalue weighted by molar-refractivity contribution is 7.16. The molecule has 7 rings (SSSR count). The van der Waals surface area contributed by atoms with Crippen molar-refractivity contribution >= 4 is 34.5 Å². The van der Waals surface area contributed by atoms with E-state index in [0.717, 1.165) is 21.9 Å². The fourth-order valence-corrected chi connectivity index (χ4v) is 7.51. The van der Waals surface area contributed by atoms with E-state index in [-0.39, 0.29) is 11.1 Å². The van der Waals surface area contributed by atoms with Crippen molar-refractivity contribution in [2.24, 2.45) is 0 Å². The van der Waals surface area contributed by atoms with Crippen LogP contribution in [0.2, 0.25) is 0 Å². The van der Waals surface area contributed by atoms with Crippen LogP contribution in [0, 0.1) is 17.9 Å². The molecule has 0 unspecified atom stereocenters. The summed E-state index contributed by atoms with van der Waals surface area (Å²) in [5, 5.41) is 9.26. The van der Waals surface area contributed by atoms with E-state index in [4.69, 9.17) is 6.57 Å². The Kier molecular flexibility index (Phi) is 7.14. The smallest absolute Gasteiger partial charge is 0.263 e.